The quantitative estimate of drug-likeness (QED) is 0.624. The standard InChI is InChI=1S/C25H27F3N4O3/c1-4-35-20-9-5-17(6-10-20)13-23(33)32-12-11-31(16-22(32)24(34)30(2)3)19-8-7-18(15-29)21(14-19)25(26,27)28/h5-10,14,22H,4,11-13,16H2,1-3H3. The number of likely N-dealkylation sites (N-methyl/N-ethyl adjacent to an activating group) is 1. The Morgan fingerprint density at radius 2 is 1.83 bits per heavy atom. The Morgan fingerprint density at radius 1 is 1.14 bits per heavy atom. The summed E-state index contributed by atoms with van der Waals surface area (Å²) in [4.78, 5) is 30.6. The van der Waals surface area contributed by atoms with E-state index in [0.29, 0.717) is 12.4 Å². The molecule has 0 aromatic heterocycles. The second-order valence-corrected chi connectivity index (χ2v) is 8.37. The van der Waals surface area contributed by atoms with Gasteiger partial charge in [-0.05, 0) is 42.8 Å². The van der Waals surface area contributed by atoms with E-state index in [2.05, 4.69) is 0 Å². The molecule has 10 heteroatoms. The van der Waals surface area contributed by atoms with E-state index in [9.17, 15) is 22.8 Å². The Morgan fingerprint density at radius 3 is 2.40 bits per heavy atom. The number of anilines is 1. The molecule has 0 aliphatic carbocycles. The largest absolute Gasteiger partial charge is 0.494 e. The first-order chi connectivity index (χ1) is 16.5. The number of hydrogen-bond acceptors (Lipinski definition) is 5. The van der Waals surface area contributed by atoms with Gasteiger partial charge in [0.2, 0.25) is 11.8 Å². The molecule has 3 rings (SSSR count). The molecule has 0 saturated carbocycles. The molecule has 35 heavy (non-hydrogen) atoms. The summed E-state index contributed by atoms with van der Waals surface area (Å²) in [6, 6.07) is 11.3. The van der Waals surface area contributed by atoms with Crippen molar-refractivity contribution in [2.45, 2.75) is 25.6 Å². The molecule has 7 nitrogen and oxygen atoms in total. The molecule has 1 aliphatic heterocycles. The number of alkyl halides is 3. The predicted octanol–water partition coefficient (Wildman–Crippen LogP) is 3.32. The van der Waals surface area contributed by atoms with Crippen LogP contribution < -0.4 is 9.64 Å². The molecule has 2 amide bonds. The molecule has 1 fully saturated rings. The Labute approximate surface area is 202 Å². The summed E-state index contributed by atoms with van der Waals surface area (Å²) in [5.74, 6) is 0.128. The van der Waals surface area contributed by atoms with Crippen molar-refractivity contribution in [1.82, 2.24) is 9.80 Å². The molecule has 0 N–H and O–H groups in total. The lowest BCUT2D eigenvalue weighted by molar-refractivity contribution is -0.144. The van der Waals surface area contributed by atoms with Crippen molar-refractivity contribution in [3.05, 3.63) is 59.2 Å². The average molecular weight is 489 g/mol. The summed E-state index contributed by atoms with van der Waals surface area (Å²) in [5.41, 5.74) is -0.487. The van der Waals surface area contributed by atoms with Crippen LogP contribution in [-0.2, 0) is 22.2 Å². The van der Waals surface area contributed by atoms with E-state index in [1.807, 2.05) is 6.92 Å². The highest BCUT2D eigenvalue weighted by Gasteiger charge is 2.38. The Balaban J connectivity index is 1.82. The number of carbonyl (C=O) groups excluding carboxylic acids is 2. The molecule has 186 valence electrons. The van der Waals surface area contributed by atoms with Crippen LogP contribution in [0.3, 0.4) is 0 Å². The fourth-order valence-electron chi connectivity index (χ4n) is 4.03. The Bertz CT molecular complexity index is 1110. The molecule has 1 heterocycles. The number of amides is 2. The lowest BCUT2D eigenvalue weighted by Gasteiger charge is -2.42. The topological polar surface area (TPSA) is 76.9 Å². The predicted molar refractivity (Wildman–Crippen MR) is 124 cm³/mol. The van der Waals surface area contributed by atoms with E-state index in [-0.39, 0.29) is 43.6 Å². The summed E-state index contributed by atoms with van der Waals surface area (Å²) < 4.78 is 45.8. The van der Waals surface area contributed by atoms with E-state index in [1.54, 1.807) is 49.3 Å². The number of nitrogens with zero attached hydrogens (tertiary/aromatic N) is 4. The normalized spacial score (nSPS) is 16.0. The third-order valence-corrected chi connectivity index (χ3v) is 5.81. The molecule has 0 bridgehead atoms. The van der Waals surface area contributed by atoms with Gasteiger partial charge in [-0.15, -0.1) is 0 Å². The zero-order valence-electron chi connectivity index (χ0n) is 19.8. The van der Waals surface area contributed by atoms with Crippen LogP contribution in [0.1, 0.15) is 23.6 Å². The van der Waals surface area contributed by atoms with E-state index in [1.165, 1.54) is 15.9 Å². The number of rotatable bonds is 6. The lowest BCUT2D eigenvalue weighted by atomic mass is 10.0. The SMILES string of the molecule is CCOc1ccc(CC(=O)N2CCN(c3ccc(C#N)c(C(F)(F)F)c3)CC2C(=O)N(C)C)cc1. The van der Waals surface area contributed by atoms with Crippen molar-refractivity contribution in [3.8, 4) is 11.8 Å². The van der Waals surface area contributed by atoms with Gasteiger partial charge in [0.1, 0.15) is 11.8 Å². The fraction of sp³-hybridized carbons (Fsp3) is 0.400. The molecule has 2 aromatic carbocycles. The van der Waals surface area contributed by atoms with Gasteiger partial charge in [0.05, 0.1) is 30.2 Å². The second-order valence-electron chi connectivity index (χ2n) is 8.37. The van der Waals surface area contributed by atoms with Gasteiger partial charge in [-0.25, -0.2) is 0 Å². The molecular formula is C25H27F3N4O3. The highest BCUT2D eigenvalue weighted by Crippen LogP contribution is 2.35. The minimum absolute atomic E-state index is 0.0369. The molecule has 0 radical (unpaired) electrons. The van der Waals surface area contributed by atoms with Crippen molar-refractivity contribution >= 4 is 17.5 Å². The maximum atomic E-state index is 13.4. The molecule has 0 spiro atoms. The minimum atomic E-state index is -4.69. The number of nitriles is 1. The van der Waals surface area contributed by atoms with E-state index in [0.717, 1.165) is 17.7 Å². The molecule has 1 saturated heterocycles. The third kappa shape index (κ3) is 6.04. The first kappa shape index (κ1) is 25.9. The van der Waals surface area contributed by atoms with Crippen molar-refractivity contribution in [1.29, 1.82) is 5.26 Å². The Kier molecular flexibility index (Phi) is 7.89. The molecular weight excluding hydrogens is 461 g/mol. The van der Waals surface area contributed by atoms with Crippen LogP contribution in [0.5, 0.6) is 5.75 Å². The van der Waals surface area contributed by atoms with Gasteiger partial charge in [0.15, 0.2) is 0 Å². The summed E-state index contributed by atoms with van der Waals surface area (Å²) in [6.45, 7) is 2.85. The van der Waals surface area contributed by atoms with Crippen molar-refractivity contribution < 1.29 is 27.5 Å². The zero-order valence-corrected chi connectivity index (χ0v) is 19.8. The number of benzene rings is 2. The summed E-state index contributed by atoms with van der Waals surface area (Å²) in [7, 11) is 3.14. The maximum absolute atomic E-state index is 13.4. The average Bonchev–Trinajstić information content (AvgIpc) is 2.83. The van der Waals surface area contributed by atoms with Crippen molar-refractivity contribution in [2.24, 2.45) is 0 Å². The van der Waals surface area contributed by atoms with Crippen LogP contribution in [0.2, 0.25) is 0 Å². The van der Waals surface area contributed by atoms with Crippen LogP contribution in [-0.4, -0.2) is 68.0 Å². The second kappa shape index (κ2) is 10.7. The summed E-state index contributed by atoms with van der Waals surface area (Å²) in [6.07, 6.45) is -4.60. The first-order valence-corrected chi connectivity index (χ1v) is 11.1. The number of halogens is 3. The number of piperazine rings is 1. The molecule has 1 atom stereocenters. The summed E-state index contributed by atoms with van der Waals surface area (Å²) in [5, 5.41) is 9.05. The van der Waals surface area contributed by atoms with Gasteiger partial charge >= 0.3 is 6.18 Å². The molecule has 1 unspecified atom stereocenters. The van der Waals surface area contributed by atoms with Crippen molar-refractivity contribution in [3.63, 3.8) is 0 Å². The van der Waals surface area contributed by atoms with Gasteiger partial charge in [-0.3, -0.25) is 9.59 Å². The van der Waals surface area contributed by atoms with E-state index in [4.69, 9.17) is 10.00 Å². The smallest absolute Gasteiger partial charge is 0.417 e. The lowest BCUT2D eigenvalue weighted by Crippen LogP contribution is -2.60. The number of carbonyl (C=O) groups is 2. The highest BCUT2D eigenvalue weighted by molar-refractivity contribution is 5.89. The van der Waals surface area contributed by atoms with Crippen LogP contribution in [0.15, 0.2) is 42.5 Å². The van der Waals surface area contributed by atoms with Gasteiger partial charge in [0, 0.05) is 39.4 Å². The van der Waals surface area contributed by atoms with Crippen LogP contribution in [0.25, 0.3) is 0 Å². The fourth-order valence-corrected chi connectivity index (χ4v) is 4.03. The Hall–Kier alpha value is -3.74. The van der Waals surface area contributed by atoms with Gasteiger partial charge in [-0.2, -0.15) is 18.4 Å². The first-order valence-electron chi connectivity index (χ1n) is 11.1. The zero-order chi connectivity index (χ0) is 25.8. The highest BCUT2D eigenvalue weighted by atomic mass is 19.4. The van der Waals surface area contributed by atoms with Crippen molar-refractivity contribution in [2.75, 3.05) is 45.2 Å². The van der Waals surface area contributed by atoms with Crippen LogP contribution >= 0.6 is 0 Å². The monoisotopic (exact) mass is 488 g/mol. The third-order valence-electron chi connectivity index (χ3n) is 5.81. The molecule has 1 aliphatic rings. The van der Waals surface area contributed by atoms with Crippen LogP contribution in [0.4, 0.5) is 18.9 Å². The number of hydrogen-bond donors (Lipinski definition) is 0. The van der Waals surface area contributed by atoms with Gasteiger partial charge < -0.3 is 19.4 Å². The summed E-state index contributed by atoms with van der Waals surface area (Å²) >= 11 is 0. The minimum Gasteiger partial charge on any atom is -0.494 e. The molecule has 2 aromatic rings. The number of ether oxygens (including phenoxy) is 1. The van der Waals surface area contributed by atoms with Gasteiger partial charge in [-0.1, -0.05) is 12.1 Å². The van der Waals surface area contributed by atoms with E-state index < -0.39 is 23.3 Å². The van der Waals surface area contributed by atoms with E-state index >= 15 is 0 Å². The maximum Gasteiger partial charge on any atom is 0.417 e. The van der Waals surface area contributed by atoms with Gasteiger partial charge in [0.25, 0.3) is 0 Å². The van der Waals surface area contributed by atoms with Crippen LogP contribution in [0, 0.1) is 11.3 Å².